The number of rotatable bonds is 10. The monoisotopic (exact) mass is 449 g/mol. The average molecular weight is 450 g/mol. The van der Waals surface area contributed by atoms with E-state index in [1.807, 2.05) is 56.4 Å². The van der Waals surface area contributed by atoms with Gasteiger partial charge in [0.1, 0.15) is 23.0 Å². The Balaban J connectivity index is 1.73. The zero-order valence-corrected chi connectivity index (χ0v) is 18.8. The molecule has 33 heavy (non-hydrogen) atoms. The van der Waals surface area contributed by atoms with E-state index in [9.17, 15) is 9.50 Å². The van der Waals surface area contributed by atoms with Gasteiger partial charge in [-0.25, -0.2) is 9.07 Å². The molecule has 2 aromatic carbocycles. The summed E-state index contributed by atoms with van der Waals surface area (Å²) in [6.07, 6.45) is 1.80. The second kappa shape index (κ2) is 10.5. The van der Waals surface area contributed by atoms with E-state index in [1.165, 1.54) is 12.1 Å². The fourth-order valence-corrected chi connectivity index (χ4v) is 3.75. The molecule has 1 atom stereocenters. The van der Waals surface area contributed by atoms with Crippen molar-refractivity contribution in [2.75, 3.05) is 6.54 Å². The Morgan fingerprint density at radius 2 is 1.91 bits per heavy atom. The molecular formula is C26H28FN3O3. The molecule has 0 fully saturated rings. The summed E-state index contributed by atoms with van der Waals surface area (Å²) in [6, 6.07) is 19.7. The van der Waals surface area contributed by atoms with Crippen LogP contribution in [-0.4, -0.2) is 32.4 Å². The third kappa shape index (κ3) is 5.69. The summed E-state index contributed by atoms with van der Waals surface area (Å²) in [5.41, 5.74) is 2.58. The first-order valence-electron chi connectivity index (χ1n) is 11.0. The molecule has 0 saturated heterocycles. The second-order valence-corrected chi connectivity index (χ2v) is 7.99. The highest BCUT2D eigenvalue weighted by molar-refractivity contribution is 5.65. The van der Waals surface area contributed by atoms with Crippen molar-refractivity contribution in [2.24, 2.45) is 7.05 Å². The van der Waals surface area contributed by atoms with Crippen molar-refractivity contribution in [1.29, 1.82) is 0 Å². The Bertz CT molecular complexity index is 1160. The molecule has 0 aliphatic carbocycles. The number of hydrogen-bond acceptors (Lipinski definition) is 5. The van der Waals surface area contributed by atoms with Gasteiger partial charge in [-0.15, -0.1) is 0 Å². The fraction of sp³-hybridized carbons (Fsp3) is 0.269. The Hall–Kier alpha value is -3.42. The number of aliphatic hydroxyl groups excluding tert-OH is 1. The molecule has 0 bridgehead atoms. The summed E-state index contributed by atoms with van der Waals surface area (Å²) < 4.78 is 27.2. The van der Waals surface area contributed by atoms with E-state index in [-0.39, 0.29) is 5.82 Å². The minimum Gasteiger partial charge on any atom is -0.468 e. The van der Waals surface area contributed by atoms with E-state index in [2.05, 4.69) is 4.90 Å². The quantitative estimate of drug-likeness (QED) is 0.352. The lowest BCUT2D eigenvalue weighted by molar-refractivity contribution is 0.0970. The van der Waals surface area contributed by atoms with Gasteiger partial charge < -0.3 is 14.3 Å². The minimum atomic E-state index is -0.482. The first-order chi connectivity index (χ1) is 16.0. The first-order valence-corrected chi connectivity index (χ1v) is 11.0. The molecule has 172 valence electrons. The second-order valence-electron chi connectivity index (χ2n) is 7.99. The number of aromatic nitrogens is 2. The normalized spacial score (nSPS) is 12.3. The number of benzene rings is 2. The molecule has 0 spiro atoms. The van der Waals surface area contributed by atoms with Gasteiger partial charge in [-0.3, -0.25) is 4.90 Å². The van der Waals surface area contributed by atoms with E-state index < -0.39 is 6.10 Å². The zero-order valence-electron chi connectivity index (χ0n) is 18.8. The summed E-state index contributed by atoms with van der Waals surface area (Å²) in [4.78, 5) is 2.11. The van der Waals surface area contributed by atoms with Gasteiger partial charge in [0, 0.05) is 31.8 Å². The lowest BCUT2D eigenvalue weighted by Gasteiger charge is -2.24. The molecular weight excluding hydrogens is 421 g/mol. The fourth-order valence-electron chi connectivity index (χ4n) is 3.75. The van der Waals surface area contributed by atoms with Crippen LogP contribution in [0.3, 0.4) is 0 Å². The lowest BCUT2D eigenvalue weighted by atomic mass is 10.1. The van der Waals surface area contributed by atoms with E-state index in [4.69, 9.17) is 14.3 Å². The molecule has 1 unspecified atom stereocenters. The molecule has 0 saturated carbocycles. The maximum atomic E-state index is 13.8. The molecule has 2 heterocycles. The van der Waals surface area contributed by atoms with Crippen LogP contribution in [0.2, 0.25) is 0 Å². The SMILES string of the molecule is CCC(O)CN(Cc1ccco1)Cc1c(-c2ccccc2)nn(C)c1Oc1cccc(F)c1. The highest BCUT2D eigenvalue weighted by Crippen LogP contribution is 2.34. The lowest BCUT2D eigenvalue weighted by Crippen LogP contribution is -2.31. The van der Waals surface area contributed by atoms with Crippen molar-refractivity contribution in [2.45, 2.75) is 32.5 Å². The van der Waals surface area contributed by atoms with Gasteiger partial charge in [-0.05, 0) is 30.7 Å². The topological polar surface area (TPSA) is 63.7 Å². The molecule has 4 rings (SSSR count). The Labute approximate surface area is 192 Å². The van der Waals surface area contributed by atoms with Crippen LogP contribution in [0.15, 0.2) is 77.4 Å². The van der Waals surface area contributed by atoms with Crippen molar-refractivity contribution in [3.05, 3.63) is 90.1 Å². The van der Waals surface area contributed by atoms with Crippen LogP contribution >= 0.6 is 0 Å². The maximum absolute atomic E-state index is 13.8. The largest absolute Gasteiger partial charge is 0.468 e. The molecule has 0 amide bonds. The predicted octanol–water partition coefficient (Wildman–Crippen LogP) is 5.38. The number of aliphatic hydroxyl groups is 1. The van der Waals surface area contributed by atoms with Crippen LogP contribution in [0.25, 0.3) is 11.3 Å². The summed E-state index contributed by atoms with van der Waals surface area (Å²) in [5, 5.41) is 15.1. The minimum absolute atomic E-state index is 0.370. The van der Waals surface area contributed by atoms with Crippen molar-refractivity contribution in [3.8, 4) is 22.9 Å². The van der Waals surface area contributed by atoms with Gasteiger partial charge in [0.05, 0.1) is 24.5 Å². The zero-order chi connectivity index (χ0) is 23.2. The van der Waals surface area contributed by atoms with Gasteiger partial charge in [-0.2, -0.15) is 5.10 Å². The number of hydrogen-bond donors (Lipinski definition) is 1. The third-order valence-corrected chi connectivity index (χ3v) is 5.43. The van der Waals surface area contributed by atoms with E-state index in [1.54, 1.807) is 23.1 Å². The predicted molar refractivity (Wildman–Crippen MR) is 124 cm³/mol. The average Bonchev–Trinajstić information content (AvgIpc) is 3.43. The molecule has 2 aromatic heterocycles. The van der Waals surface area contributed by atoms with E-state index in [0.29, 0.717) is 37.7 Å². The van der Waals surface area contributed by atoms with E-state index in [0.717, 1.165) is 22.6 Å². The van der Waals surface area contributed by atoms with Gasteiger partial charge in [0.25, 0.3) is 0 Å². The summed E-state index contributed by atoms with van der Waals surface area (Å²) in [5.74, 6) is 1.35. The Kier molecular flexibility index (Phi) is 7.22. The van der Waals surface area contributed by atoms with Gasteiger partial charge >= 0.3 is 0 Å². The molecule has 0 radical (unpaired) electrons. The highest BCUT2D eigenvalue weighted by atomic mass is 19.1. The van der Waals surface area contributed by atoms with Crippen molar-refractivity contribution in [3.63, 3.8) is 0 Å². The summed E-state index contributed by atoms with van der Waals surface area (Å²) >= 11 is 0. The van der Waals surface area contributed by atoms with Gasteiger partial charge in [0.15, 0.2) is 0 Å². The summed E-state index contributed by atoms with van der Waals surface area (Å²) in [7, 11) is 1.81. The summed E-state index contributed by atoms with van der Waals surface area (Å²) in [6.45, 7) is 3.39. The van der Waals surface area contributed by atoms with E-state index >= 15 is 0 Å². The van der Waals surface area contributed by atoms with Gasteiger partial charge in [0.2, 0.25) is 5.88 Å². The van der Waals surface area contributed by atoms with Crippen LogP contribution in [0, 0.1) is 5.82 Å². The molecule has 4 aromatic rings. The Morgan fingerprint density at radius 1 is 1.09 bits per heavy atom. The first kappa shape index (κ1) is 22.8. The van der Waals surface area contributed by atoms with Crippen molar-refractivity contribution < 1.29 is 18.7 Å². The van der Waals surface area contributed by atoms with Crippen LogP contribution in [-0.2, 0) is 20.1 Å². The molecule has 1 N–H and O–H groups in total. The number of ether oxygens (including phenoxy) is 1. The molecule has 7 heteroatoms. The Morgan fingerprint density at radius 3 is 2.61 bits per heavy atom. The molecule has 0 aliphatic rings. The maximum Gasteiger partial charge on any atom is 0.222 e. The number of furan rings is 1. The van der Waals surface area contributed by atoms with Crippen molar-refractivity contribution in [1.82, 2.24) is 14.7 Å². The number of aryl methyl sites for hydroxylation is 1. The van der Waals surface area contributed by atoms with Gasteiger partial charge in [-0.1, -0.05) is 43.3 Å². The standard InChI is InChI=1S/C26H28FN3O3/c1-3-21(31)16-30(17-23-13-8-14-32-23)18-24-25(19-9-5-4-6-10-19)28-29(2)26(24)33-22-12-7-11-20(27)15-22/h4-15,21,31H,3,16-18H2,1-2H3. The van der Waals surface area contributed by atoms with Crippen LogP contribution in [0.5, 0.6) is 11.6 Å². The molecule has 0 aliphatic heterocycles. The molecule has 6 nitrogen and oxygen atoms in total. The van der Waals surface area contributed by atoms with Crippen LogP contribution in [0.4, 0.5) is 4.39 Å². The third-order valence-electron chi connectivity index (χ3n) is 5.43. The number of halogens is 1. The van der Waals surface area contributed by atoms with Crippen molar-refractivity contribution >= 4 is 0 Å². The van der Waals surface area contributed by atoms with Crippen LogP contribution in [0.1, 0.15) is 24.7 Å². The number of nitrogens with zero attached hydrogens (tertiary/aromatic N) is 3. The highest BCUT2D eigenvalue weighted by Gasteiger charge is 2.24. The van der Waals surface area contributed by atoms with Crippen LogP contribution < -0.4 is 4.74 Å². The smallest absolute Gasteiger partial charge is 0.222 e.